The van der Waals surface area contributed by atoms with Crippen LogP contribution in [0.25, 0.3) is 17.5 Å². The summed E-state index contributed by atoms with van der Waals surface area (Å²) in [6.45, 7) is 3.61. The third-order valence-corrected chi connectivity index (χ3v) is 2.70. The molecule has 0 amide bonds. The number of ether oxygens (including phenoxy) is 1. The number of carbonyl (C=O) groups excluding carboxylic acids is 1. The van der Waals surface area contributed by atoms with Crippen molar-refractivity contribution in [3.63, 3.8) is 0 Å². The number of rotatable bonds is 4. The molecule has 0 aliphatic heterocycles. The van der Waals surface area contributed by atoms with E-state index in [-0.39, 0.29) is 5.69 Å². The van der Waals surface area contributed by atoms with E-state index in [1.807, 2.05) is 24.3 Å². The molecule has 0 radical (unpaired) electrons. The van der Waals surface area contributed by atoms with Crippen LogP contribution in [0, 0.1) is 0 Å². The fourth-order valence-corrected chi connectivity index (χ4v) is 1.81. The molecule has 0 unspecified atom stereocenters. The van der Waals surface area contributed by atoms with Gasteiger partial charge in [0.1, 0.15) is 5.75 Å². The van der Waals surface area contributed by atoms with E-state index in [4.69, 9.17) is 4.74 Å². The number of carbonyl (C=O) groups is 1. The first-order valence-electron chi connectivity index (χ1n) is 5.37. The van der Waals surface area contributed by atoms with Gasteiger partial charge in [0.05, 0.1) is 24.5 Å². The standard InChI is InChI=1S/C14H13NO3/c1-3-15-12(8-9-13(15)14(16)17)10-4-6-11(18-2)7-5-10/h3-9H,1H2,2H3,(H,16,17)/p-1. The number of hydrogen-bond acceptors (Lipinski definition) is 3. The van der Waals surface area contributed by atoms with E-state index in [9.17, 15) is 9.90 Å². The van der Waals surface area contributed by atoms with Crippen LogP contribution >= 0.6 is 0 Å². The number of nitrogens with zero attached hydrogens (tertiary/aromatic N) is 1. The molecule has 1 heterocycles. The fraction of sp³-hybridized carbons (Fsp3) is 0.0714. The molecule has 0 aliphatic carbocycles. The topological polar surface area (TPSA) is 54.3 Å². The van der Waals surface area contributed by atoms with Gasteiger partial charge in [0, 0.05) is 6.20 Å². The molecule has 0 atom stereocenters. The highest BCUT2D eigenvalue weighted by molar-refractivity contribution is 5.87. The van der Waals surface area contributed by atoms with E-state index < -0.39 is 5.97 Å². The molecule has 1 aromatic carbocycles. The van der Waals surface area contributed by atoms with Crippen molar-refractivity contribution in [1.29, 1.82) is 0 Å². The maximum Gasteiger partial charge on any atom is 0.118 e. The van der Waals surface area contributed by atoms with Gasteiger partial charge in [0.2, 0.25) is 0 Å². The second-order valence-corrected chi connectivity index (χ2v) is 3.67. The Labute approximate surface area is 105 Å². The van der Waals surface area contributed by atoms with Crippen LogP contribution in [0.3, 0.4) is 0 Å². The Hall–Kier alpha value is -2.49. The number of aromatic carboxylic acids is 1. The average Bonchev–Trinajstić information content (AvgIpc) is 2.82. The number of aromatic nitrogens is 1. The van der Waals surface area contributed by atoms with Gasteiger partial charge < -0.3 is 19.2 Å². The van der Waals surface area contributed by atoms with Gasteiger partial charge in [-0.3, -0.25) is 0 Å². The molecule has 0 N–H and O–H groups in total. The van der Waals surface area contributed by atoms with E-state index in [2.05, 4.69) is 6.58 Å². The second-order valence-electron chi connectivity index (χ2n) is 3.67. The van der Waals surface area contributed by atoms with Crippen LogP contribution in [0.2, 0.25) is 0 Å². The highest BCUT2D eigenvalue weighted by Gasteiger charge is 2.08. The average molecular weight is 242 g/mol. The van der Waals surface area contributed by atoms with Gasteiger partial charge in [-0.25, -0.2) is 0 Å². The summed E-state index contributed by atoms with van der Waals surface area (Å²) in [5.41, 5.74) is 1.70. The monoisotopic (exact) mass is 242 g/mol. The van der Waals surface area contributed by atoms with Crippen LogP contribution in [-0.2, 0) is 0 Å². The first-order chi connectivity index (χ1) is 8.67. The van der Waals surface area contributed by atoms with Crippen LogP contribution in [0.4, 0.5) is 0 Å². The van der Waals surface area contributed by atoms with Crippen molar-refractivity contribution in [2.24, 2.45) is 0 Å². The molecule has 1 aromatic heterocycles. The first-order valence-corrected chi connectivity index (χ1v) is 5.37. The first kappa shape index (κ1) is 12.0. The minimum absolute atomic E-state index is 0.0795. The number of hydrogen-bond donors (Lipinski definition) is 0. The number of carboxylic acids is 1. The van der Waals surface area contributed by atoms with Crippen LogP contribution in [0.15, 0.2) is 43.0 Å². The molecule has 2 aromatic rings. The van der Waals surface area contributed by atoms with Gasteiger partial charge in [-0.05, 0) is 42.0 Å². The Morgan fingerprint density at radius 1 is 1.28 bits per heavy atom. The van der Waals surface area contributed by atoms with Gasteiger partial charge in [0.15, 0.2) is 0 Å². The summed E-state index contributed by atoms with van der Waals surface area (Å²) < 4.78 is 6.56. The Kier molecular flexibility index (Phi) is 3.19. The Balaban J connectivity index is 2.49. The summed E-state index contributed by atoms with van der Waals surface area (Å²) >= 11 is 0. The highest BCUT2D eigenvalue weighted by atomic mass is 16.5. The molecule has 0 spiro atoms. The van der Waals surface area contributed by atoms with Crippen molar-refractivity contribution in [2.45, 2.75) is 0 Å². The number of methoxy groups -OCH3 is 1. The third kappa shape index (κ3) is 2.00. The molecule has 4 heteroatoms. The van der Waals surface area contributed by atoms with Gasteiger partial charge in [-0.1, -0.05) is 6.58 Å². The highest BCUT2D eigenvalue weighted by Crippen LogP contribution is 2.24. The number of benzene rings is 1. The Bertz CT molecular complexity index is 582. The van der Waals surface area contributed by atoms with E-state index in [0.717, 1.165) is 17.0 Å². The fourth-order valence-electron chi connectivity index (χ4n) is 1.81. The molecule has 0 saturated heterocycles. The molecular weight excluding hydrogens is 230 g/mol. The summed E-state index contributed by atoms with van der Waals surface area (Å²) in [4.78, 5) is 10.9. The van der Waals surface area contributed by atoms with E-state index in [0.29, 0.717) is 0 Å². The summed E-state index contributed by atoms with van der Waals surface area (Å²) in [5, 5.41) is 10.9. The largest absolute Gasteiger partial charge is 0.543 e. The van der Waals surface area contributed by atoms with Crippen LogP contribution < -0.4 is 9.84 Å². The molecule has 0 saturated carbocycles. The lowest BCUT2D eigenvalue weighted by atomic mass is 10.1. The van der Waals surface area contributed by atoms with Crippen molar-refractivity contribution >= 4 is 12.2 Å². The molecule has 18 heavy (non-hydrogen) atoms. The quantitative estimate of drug-likeness (QED) is 0.818. The summed E-state index contributed by atoms with van der Waals surface area (Å²) in [7, 11) is 1.59. The third-order valence-electron chi connectivity index (χ3n) is 2.70. The van der Waals surface area contributed by atoms with E-state index in [1.54, 1.807) is 13.2 Å². The minimum Gasteiger partial charge on any atom is -0.543 e. The molecule has 92 valence electrons. The predicted octanol–water partition coefficient (Wildman–Crippen LogP) is 1.63. The molecular formula is C14H12NO3-. The molecule has 2 rings (SSSR count). The van der Waals surface area contributed by atoms with E-state index in [1.165, 1.54) is 16.8 Å². The molecule has 4 nitrogen and oxygen atoms in total. The van der Waals surface area contributed by atoms with Crippen molar-refractivity contribution < 1.29 is 14.6 Å². The smallest absolute Gasteiger partial charge is 0.118 e. The zero-order valence-corrected chi connectivity index (χ0v) is 9.92. The summed E-state index contributed by atoms with van der Waals surface area (Å²) in [6.07, 6.45) is 1.45. The lowest BCUT2D eigenvalue weighted by molar-refractivity contribution is -0.255. The van der Waals surface area contributed by atoms with Crippen LogP contribution in [0.1, 0.15) is 10.5 Å². The summed E-state index contributed by atoms with van der Waals surface area (Å²) in [5.74, 6) is -0.481. The Morgan fingerprint density at radius 3 is 2.44 bits per heavy atom. The van der Waals surface area contributed by atoms with Crippen molar-refractivity contribution in [2.75, 3.05) is 7.11 Å². The zero-order valence-electron chi connectivity index (χ0n) is 9.92. The SMILES string of the molecule is C=Cn1c(C(=O)[O-])ccc1-c1ccc(OC)cc1. The Morgan fingerprint density at radius 2 is 1.94 bits per heavy atom. The van der Waals surface area contributed by atoms with Gasteiger partial charge in [0.25, 0.3) is 0 Å². The van der Waals surface area contributed by atoms with Crippen molar-refractivity contribution in [1.82, 2.24) is 4.57 Å². The predicted molar refractivity (Wildman–Crippen MR) is 67.1 cm³/mol. The van der Waals surface area contributed by atoms with Crippen LogP contribution in [-0.4, -0.2) is 17.6 Å². The number of carboxylic acid groups (broad SMARTS) is 1. The minimum atomic E-state index is -1.23. The lowest BCUT2D eigenvalue weighted by Gasteiger charge is -2.09. The molecule has 0 bridgehead atoms. The van der Waals surface area contributed by atoms with Gasteiger partial charge in [-0.15, -0.1) is 0 Å². The van der Waals surface area contributed by atoms with Crippen molar-refractivity contribution in [3.05, 3.63) is 48.7 Å². The van der Waals surface area contributed by atoms with Crippen molar-refractivity contribution in [3.8, 4) is 17.0 Å². The molecule has 0 aliphatic rings. The van der Waals surface area contributed by atoms with Crippen LogP contribution in [0.5, 0.6) is 5.75 Å². The van der Waals surface area contributed by atoms with E-state index >= 15 is 0 Å². The zero-order chi connectivity index (χ0) is 13.1. The normalized spacial score (nSPS) is 10.1. The summed E-state index contributed by atoms with van der Waals surface area (Å²) in [6, 6.07) is 10.6. The maximum atomic E-state index is 10.9. The van der Waals surface area contributed by atoms with Gasteiger partial charge >= 0.3 is 0 Å². The molecule has 0 fully saturated rings. The maximum absolute atomic E-state index is 10.9. The lowest BCUT2D eigenvalue weighted by Crippen LogP contribution is -2.24. The second kappa shape index (κ2) is 4.79. The van der Waals surface area contributed by atoms with Gasteiger partial charge in [-0.2, -0.15) is 0 Å².